The molecular weight excluding hydrogens is 234 g/mol. The van der Waals surface area contributed by atoms with Crippen LogP contribution in [0.15, 0.2) is 27.5 Å². The number of nitrogens with one attached hydrogen (secondary N) is 2. The number of hydrogen-bond acceptors (Lipinski definition) is 3. The van der Waals surface area contributed by atoms with Gasteiger partial charge in [-0.15, -0.1) is 0 Å². The number of piperidine rings is 1. The highest BCUT2D eigenvalue weighted by Crippen LogP contribution is 2.14. The molecule has 0 amide bonds. The Morgan fingerprint density at radius 1 is 1.65 bits per heavy atom. The van der Waals surface area contributed by atoms with E-state index in [2.05, 4.69) is 35.3 Å². The van der Waals surface area contributed by atoms with Crippen molar-refractivity contribution in [1.82, 2.24) is 10.6 Å². The van der Waals surface area contributed by atoms with Crippen LogP contribution >= 0.6 is 11.6 Å². The summed E-state index contributed by atoms with van der Waals surface area (Å²) in [6, 6.07) is 0.526. The molecular formula is C13H22ClN3. The molecule has 1 saturated heterocycles. The van der Waals surface area contributed by atoms with Gasteiger partial charge in [0.25, 0.3) is 0 Å². The Morgan fingerprint density at radius 2 is 2.41 bits per heavy atom. The van der Waals surface area contributed by atoms with Gasteiger partial charge in [-0.2, -0.15) is 0 Å². The molecule has 0 spiro atoms. The molecule has 1 aliphatic heterocycles. The molecule has 0 aliphatic carbocycles. The molecule has 0 unspecified atom stereocenters. The third-order valence-corrected chi connectivity index (χ3v) is 3.34. The second-order valence-electron chi connectivity index (χ2n) is 4.34. The first-order valence-corrected chi connectivity index (χ1v) is 6.56. The SMILES string of the molecule is C=N/C(Cl)=C(C)\C=C(/CC)N[C@@H]1CCCNC1. The van der Waals surface area contributed by atoms with Crippen LogP contribution in [0.2, 0.25) is 0 Å². The van der Waals surface area contributed by atoms with Crippen molar-refractivity contribution in [2.45, 2.75) is 39.2 Å². The van der Waals surface area contributed by atoms with Crippen LogP contribution in [0.25, 0.3) is 0 Å². The minimum Gasteiger partial charge on any atom is -0.384 e. The zero-order valence-corrected chi connectivity index (χ0v) is 11.5. The molecule has 1 atom stereocenters. The quantitative estimate of drug-likeness (QED) is 0.450. The Labute approximate surface area is 109 Å². The second-order valence-corrected chi connectivity index (χ2v) is 4.70. The van der Waals surface area contributed by atoms with Gasteiger partial charge in [0.1, 0.15) is 5.16 Å². The van der Waals surface area contributed by atoms with E-state index in [9.17, 15) is 0 Å². The fourth-order valence-corrected chi connectivity index (χ4v) is 1.98. The lowest BCUT2D eigenvalue weighted by molar-refractivity contribution is 0.411. The van der Waals surface area contributed by atoms with Crippen LogP contribution in [0.1, 0.15) is 33.1 Å². The topological polar surface area (TPSA) is 36.4 Å². The van der Waals surface area contributed by atoms with Crippen LogP contribution in [0.4, 0.5) is 0 Å². The summed E-state index contributed by atoms with van der Waals surface area (Å²) in [5, 5.41) is 7.43. The van der Waals surface area contributed by atoms with Crippen molar-refractivity contribution in [2.75, 3.05) is 13.1 Å². The summed E-state index contributed by atoms with van der Waals surface area (Å²) in [5.41, 5.74) is 2.16. The molecule has 1 aliphatic rings. The summed E-state index contributed by atoms with van der Waals surface area (Å²) in [5.74, 6) is 0. The minimum atomic E-state index is 0.472. The summed E-state index contributed by atoms with van der Waals surface area (Å²) >= 11 is 5.93. The first kappa shape index (κ1) is 14.3. The highest BCUT2D eigenvalue weighted by atomic mass is 35.5. The van der Waals surface area contributed by atoms with Gasteiger partial charge in [-0.1, -0.05) is 18.5 Å². The van der Waals surface area contributed by atoms with E-state index in [4.69, 9.17) is 11.6 Å². The van der Waals surface area contributed by atoms with Gasteiger partial charge in [-0.3, -0.25) is 4.99 Å². The van der Waals surface area contributed by atoms with Crippen LogP contribution in [-0.4, -0.2) is 25.8 Å². The van der Waals surface area contributed by atoms with Crippen molar-refractivity contribution in [3.8, 4) is 0 Å². The molecule has 0 aromatic carbocycles. The number of aliphatic imine (C=N–C) groups is 1. The molecule has 0 radical (unpaired) electrons. The smallest absolute Gasteiger partial charge is 0.131 e. The maximum absolute atomic E-state index is 5.93. The van der Waals surface area contributed by atoms with Crippen molar-refractivity contribution in [3.05, 3.63) is 22.5 Å². The number of rotatable bonds is 5. The Kier molecular flexibility index (Phi) is 6.30. The van der Waals surface area contributed by atoms with Crippen LogP contribution in [0.3, 0.4) is 0 Å². The molecule has 4 heteroatoms. The van der Waals surface area contributed by atoms with Crippen molar-refractivity contribution < 1.29 is 0 Å². The van der Waals surface area contributed by atoms with Gasteiger partial charge in [0, 0.05) is 18.3 Å². The monoisotopic (exact) mass is 255 g/mol. The van der Waals surface area contributed by atoms with Crippen molar-refractivity contribution in [1.29, 1.82) is 0 Å². The lowest BCUT2D eigenvalue weighted by atomic mass is 10.1. The number of nitrogens with zero attached hydrogens (tertiary/aromatic N) is 1. The maximum atomic E-state index is 5.93. The Morgan fingerprint density at radius 3 is 2.94 bits per heavy atom. The molecule has 3 nitrogen and oxygen atoms in total. The second kappa shape index (κ2) is 7.51. The molecule has 1 fully saturated rings. The zero-order valence-electron chi connectivity index (χ0n) is 10.7. The van der Waals surface area contributed by atoms with Crippen LogP contribution in [-0.2, 0) is 0 Å². The van der Waals surface area contributed by atoms with E-state index in [-0.39, 0.29) is 0 Å². The first-order valence-electron chi connectivity index (χ1n) is 6.18. The lowest BCUT2D eigenvalue weighted by Crippen LogP contribution is -2.42. The Hall–Kier alpha value is -0.800. The molecule has 96 valence electrons. The van der Waals surface area contributed by atoms with E-state index in [0.717, 1.165) is 25.1 Å². The summed E-state index contributed by atoms with van der Waals surface area (Å²) in [6.45, 7) is 9.69. The predicted molar refractivity (Wildman–Crippen MR) is 75.5 cm³/mol. The lowest BCUT2D eigenvalue weighted by Gasteiger charge is -2.26. The molecule has 1 rings (SSSR count). The van der Waals surface area contributed by atoms with Gasteiger partial charge in [-0.05, 0) is 51.1 Å². The number of halogens is 1. The third kappa shape index (κ3) is 4.92. The minimum absolute atomic E-state index is 0.472. The van der Waals surface area contributed by atoms with Gasteiger partial charge in [0.2, 0.25) is 0 Å². The van der Waals surface area contributed by atoms with E-state index in [0.29, 0.717) is 11.2 Å². The fourth-order valence-electron chi connectivity index (χ4n) is 1.93. The average Bonchev–Trinajstić information content (AvgIpc) is 2.38. The third-order valence-electron chi connectivity index (χ3n) is 2.92. The van der Waals surface area contributed by atoms with Gasteiger partial charge < -0.3 is 10.6 Å². The standard InChI is InChI=1S/C13H22ClN3/c1-4-11(8-10(2)13(14)15-3)17-12-6-5-7-16-9-12/h8,12,16-17H,3-7,9H2,1-2H3/b11-8+,13-10-/t12-/m1/s1. The van der Waals surface area contributed by atoms with Crippen LogP contribution in [0, 0.1) is 0 Å². The van der Waals surface area contributed by atoms with E-state index >= 15 is 0 Å². The summed E-state index contributed by atoms with van der Waals surface area (Å²) < 4.78 is 0. The van der Waals surface area contributed by atoms with Crippen LogP contribution < -0.4 is 10.6 Å². The summed E-state index contributed by atoms with van der Waals surface area (Å²) in [6.07, 6.45) is 5.49. The molecule has 0 bridgehead atoms. The highest BCUT2D eigenvalue weighted by molar-refractivity contribution is 6.30. The summed E-state index contributed by atoms with van der Waals surface area (Å²) in [4.78, 5) is 3.73. The predicted octanol–water partition coefficient (Wildman–Crippen LogP) is 2.79. The molecule has 2 N–H and O–H groups in total. The normalized spacial score (nSPS) is 23.0. The molecule has 17 heavy (non-hydrogen) atoms. The van der Waals surface area contributed by atoms with Gasteiger partial charge in [0.05, 0.1) is 0 Å². The van der Waals surface area contributed by atoms with E-state index in [1.165, 1.54) is 18.5 Å². The first-order chi connectivity index (χ1) is 8.17. The number of hydrogen-bond donors (Lipinski definition) is 2. The van der Waals surface area contributed by atoms with Gasteiger partial charge in [0.15, 0.2) is 0 Å². The van der Waals surface area contributed by atoms with Crippen molar-refractivity contribution in [2.24, 2.45) is 4.99 Å². The van der Waals surface area contributed by atoms with Crippen molar-refractivity contribution in [3.63, 3.8) is 0 Å². The maximum Gasteiger partial charge on any atom is 0.131 e. The molecule has 0 aromatic rings. The molecule has 1 heterocycles. The molecule has 0 aromatic heterocycles. The fraction of sp³-hybridized carbons (Fsp3) is 0.615. The van der Waals surface area contributed by atoms with E-state index in [1.54, 1.807) is 0 Å². The van der Waals surface area contributed by atoms with E-state index < -0.39 is 0 Å². The highest BCUT2D eigenvalue weighted by Gasteiger charge is 2.12. The Balaban J connectivity index is 2.63. The zero-order chi connectivity index (χ0) is 12.7. The van der Waals surface area contributed by atoms with E-state index in [1.807, 2.05) is 6.92 Å². The average molecular weight is 256 g/mol. The van der Waals surface area contributed by atoms with Gasteiger partial charge >= 0.3 is 0 Å². The summed E-state index contributed by atoms with van der Waals surface area (Å²) in [7, 11) is 0. The van der Waals surface area contributed by atoms with Gasteiger partial charge in [-0.25, -0.2) is 0 Å². The Bertz CT molecular complexity index is 315. The van der Waals surface area contributed by atoms with Crippen LogP contribution in [0.5, 0.6) is 0 Å². The van der Waals surface area contributed by atoms with Crippen molar-refractivity contribution >= 4 is 18.3 Å². The molecule has 0 saturated carbocycles. The number of allylic oxidation sites excluding steroid dienone is 3. The largest absolute Gasteiger partial charge is 0.384 e.